The molecule has 1 heterocycles. The Bertz CT molecular complexity index is 347. The third-order valence-corrected chi connectivity index (χ3v) is 1.40. The first-order valence-electron chi connectivity index (χ1n) is 3.35. The molecular formula is C7H8N4O. The van der Waals surface area contributed by atoms with Gasteiger partial charge in [0.05, 0.1) is 5.69 Å². The summed E-state index contributed by atoms with van der Waals surface area (Å²) in [6, 6.07) is 1.62. The minimum absolute atomic E-state index is 0.383. The maximum Gasteiger partial charge on any atom is 0.282 e. The zero-order valence-electron chi connectivity index (χ0n) is 6.83. The fraction of sp³-hybridized carbons (Fsp3) is 0.286. The van der Waals surface area contributed by atoms with Gasteiger partial charge in [0.1, 0.15) is 5.69 Å². The molecule has 0 atom stereocenters. The zero-order chi connectivity index (χ0) is 9.14. The molecular weight excluding hydrogens is 156 g/mol. The van der Waals surface area contributed by atoms with E-state index in [4.69, 9.17) is 5.26 Å². The molecule has 5 nitrogen and oxygen atoms in total. The number of hydrogen-bond acceptors (Lipinski definition) is 3. The van der Waals surface area contributed by atoms with E-state index in [0.29, 0.717) is 5.69 Å². The molecule has 62 valence electrons. The van der Waals surface area contributed by atoms with Crippen LogP contribution >= 0.6 is 0 Å². The Kier molecular flexibility index (Phi) is 2.10. The summed E-state index contributed by atoms with van der Waals surface area (Å²) in [6.07, 6.45) is 1.56. The van der Waals surface area contributed by atoms with Crippen molar-refractivity contribution >= 4 is 5.91 Å². The molecule has 0 saturated carbocycles. The highest BCUT2D eigenvalue weighted by Gasteiger charge is 2.09. The van der Waals surface area contributed by atoms with Crippen molar-refractivity contribution in [2.45, 2.75) is 6.92 Å². The number of amides is 1. The van der Waals surface area contributed by atoms with Crippen molar-refractivity contribution in [1.82, 2.24) is 15.1 Å². The van der Waals surface area contributed by atoms with Crippen LogP contribution in [0.2, 0.25) is 0 Å². The van der Waals surface area contributed by atoms with Crippen LogP contribution < -0.4 is 5.32 Å². The summed E-state index contributed by atoms with van der Waals surface area (Å²) in [5.41, 5.74) is 1.13. The predicted molar refractivity (Wildman–Crippen MR) is 41.0 cm³/mol. The Morgan fingerprint density at radius 3 is 2.92 bits per heavy atom. The van der Waals surface area contributed by atoms with Gasteiger partial charge in [0.2, 0.25) is 0 Å². The molecule has 0 aliphatic rings. The van der Waals surface area contributed by atoms with Crippen LogP contribution in [0.4, 0.5) is 0 Å². The summed E-state index contributed by atoms with van der Waals surface area (Å²) >= 11 is 0. The second-order valence-corrected chi connectivity index (χ2v) is 2.36. The van der Waals surface area contributed by atoms with Crippen molar-refractivity contribution < 1.29 is 4.79 Å². The van der Waals surface area contributed by atoms with Crippen LogP contribution in [-0.2, 0) is 7.05 Å². The average molecular weight is 164 g/mol. The SMILES string of the molecule is Cc1cc(C(=O)NC#N)n(C)n1. The minimum Gasteiger partial charge on any atom is -0.266 e. The van der Waals surface area contributed by atoms with Crippen LogP contribution in [0.3, 0.4) is 0 Å². The lowest BCUT2D eigenvalue weighted by molar-refractivity contribution is 0.0963. The van der Waals surface area contributed by atoms with Gasteiger partial charge in [-0.05, 0) is 13.0 Å². The third-order valence-electron chi connectivity index (χ3n) is 1.40. The molecule has 0 aromatic carbocycles. The maximum absolute atomic E-state index is 11.1. The van der Waals surface area contributed by atoms with Crippen molar-refractivity contribution in [3.05, 3.63) is 17.5 Å². The van der Waals surface area contributed by atoms with Gasteiger partial charge in [-0.2, -0.15) is 10.4 Å². The van der Waals surface area contributed by atoms with Gasteiger partial charge in [-0.1, -0.05) is 0 Å². The van der Waals surface area contributed by atoms with E-state index >= 15 is 0 Å². The molecule has 0 fully saturated rings. The number of hydrogen-bond donors (Lipinski definition) is 1. The molecule has 1 rings (SSSR count). The molecule has 0 spiro atoms. The lowest BCUT2D eigenvalue weighted by atomic mass is 10.3. The van der Waals surface area contributed by atoms with E-state index in [-0.39, 0.29) is 0 Å². The fourth-order valence-corrected chi connectivity index (χ4v) is 0.938. The van der Waals surface area contributed by atoms with Gasteiger partial charge in [-0.25, -0.2) is 0 Å². The number of aromatic nitrogens is 2. The summed E-state index contributed by atoms with van der Waals surface area (Å²) in [5, 5.41) is 14.2. The molecule has 0 radical (unpaired) electrons. The Labute approximate surface area is 69.6 Å². The standard InChI is InChI=1S/C7H8N4O/c1-5-3-6(11(2)10-5)7(12)9-4-8/h3H,1-2H3,(H,9,12). The lowest BCUT2D eigenvalue weighted by Gasteiger charge is -1.95. The summed E-state index contributed by atoms with van der Waals surface area (Å²) in [4.78, 5) is 11.1. The number of nitriles is 1. The Balaban J connectivity index is 2.96. The molecule has 0 aliphatic carbocycles. The molecule has 1 aromatic rings. The summed E-state index contributed by atoms with van der Waals surface area (Å²) in [6.45, 7) is 1.78. The average Bonchev–Trinajstić information content (AvgIpc) is 2.30. The number of carbonyl (C=O) groups excluding carboxylic acids is 1. The Morgan fingerprint density at radius 1 is 1.83 bits per heavy atom. The van der Waals surface area contributed by atoms with E-state index in [1.807, 2.05) is 5.32 Å². The van der Waals surface area contributed by atoms with Crippen LogP contribution in [0.25, 0.3) is 0 Å². The molecule has 0 aliphatic heterocycles. The van der Waals surface area contributed by atoms with Crippen molar-refractivity contribution in [1.29, 1.82) is 5.26 Å². The molecule has 12 heavy (non-hydrogen) atoms. The van der Waals surface area contributed by atoms with Gasteiger partial charge in [-0.15, -0.1) is 0 Å². The number of nitrogens with one attached hydrogen (secondary N) is 1. The second kappa shape index (κ2) is 3.05. The molecule has 1 amide bonds. The minimum atomic E-state index is -0.430. The number of nitrogens with zero attached hydrogens (tertiary/aromatic N) is 3. The van der Waals surface area contributed by atoms with Gasteiger partial charge >= 0.3 is 0 Å². The highest BCUT2D eigenvalue weighted by molar-refractivity contribution is 5.93. The number of aryl methyl sites for hydroxylation is 2. The number of rotatable bonds is 1. The molecule has 0 saturated heterocycles. The Hall–Kier alpha value is -1.83. The normalized spacial score (nSPS) is 9.08. The molecule has 1 aromatic heterocycles. The molecule has 5 heteroatoms. The summed E-state index contributed by atoms with van der Waals surface area (Å²) in [5.74, 6) is -0.430. The smallest absolute Gasteiger partial charge is 0.266 e. The van der Waals surface area contributed by atoms with Crippen molar-refractivity contribution in [3.63, 3.8) is 0 Å². The lowest BCUT2D eigenvalue weighted by Crippen LogP contribution is -2.20. The fourth-order valence-electron chi connectivity index (χ4n) is 0.938. The topological polar surface area (TPSA) is 70.7 Å². The van der Waals surface area contributed by atoms with Crippen molar-refractivity contribution in [2.24, 2.45) is 7.05 Å². The quantitative estimate of drug-likeness (QED) is 0.467. The van der Waals surface area contributed by atoms with E-state index in [1.54, 1.807) is 26.2 Å². The van der Waals surface area contributed by atoms with Gasteiger partial charge in [-0.3, -0.25) is 14.8 Å². The largest absolute Gasteiger partial charge is 0.282 e. The second-order valence-electron chi connectivity index (χ2n) is 2.36. The van der Waals surface area contributed by atoms with Crippen LogP contribution in [0.1, 0.15) is 16.2 Å². The highest BCUT2D eigenvalue weighted by Crippen LogP contribution is 2.00. The van der Waals surface area contributed by atoms with E-state index in [9.17, 15) is 4.79 Å². The molecule has 1 N–H and O–H groups in total. The highest BCUT2D eigenvalue weighted by atomic mass is 16.1. The van der Waals surface area contributed by atoms with Crippen molar-refractivity contribution in [2.75, 3.05) is 0 Å². The summed E-state index contributed by atoms with van der Waals surface area (Å²) in [7, 11) is 1.65. The van der Waals surface area contributed by atoms with E-state index < -0.39 is 5.91 Å². The van der Waals surface area contributed by atoms with E-state index in [1.165, 1.54) is 4.68 Å². The first-order valence-corrected chi connectivity index (χ1v) is 3.35. The van der Waals surface area contributed by atoms with Crippen LogP contribution in [0, 0.1) is 18.4 Å². The van der Waals surface area contributed by atoms with Crippen molar-refractivity contribution in [3.8, 4) is 6.19 Å². The maximum atomic E-state index is 11.1. The monoisotopic (exact) mass is 164 g/mol. The van der Waals surface area contributed by atoms with Gasteiger partial charge in [0.25, 0.3) is 5.91 Å². The van der Waals surface area contributed by atoms with Crippen LogP contribution in [0.5, 0.6) is 0 Å². The molecule has 0 bridgehead atoms. The Morgan fingerprint density at radius 2 is 2.50 bits per heavy atom. The third kappa shape index (κ3) is 1.42. The van der Waals surface area contributed by atoms with Gasteiger partial charge in [0, 0.05) is 7.05 Å². The van der Waals surface area contributed by atoms with Gasteiger partial charge in [0.15, 0.2) is 6.19 Å². The van der Waals surface area contributed by atoms with Gasteiger partial charge < -0.3 is 0 Å². The first kappa shape index (κ1) is 8.27. The van der Waals surface area contributed by atoms with E-state index in [2.05, 4.69) is 5.10 Å². The van der Waals surface area contributed by atoms with E-state index in [0.717, 1.165) is 5.69 Å². The predicted octanol–water partition coefficient (Wildman–Crippen LogP) is -0.0606. The first-order chi connectivity index (χ1) is 5.65. The van der Waals surface area contributed by atoms with Crippen LogP contribution in [0.15, 0.2) is 6.07 Å². The number of carbonyl (C=O) groups is 1. The van der Waals surface area contributed by atoms with Crippen LogP contribution in [-0.4, -0.2) is 15.7 Å². The summed E-state index contributed by atoms with van der Waals surface area (Å²) < 4.78 is 1.43. The zero-order valence-corrected chi connectivity index (χ0v) is 6.83. The molecule has 0 unspecified atom stereocenters.